The van der Waals surface area contributed by atoms with Crippen LogP contribution in [0.3, 0.4) is 0 Å². The average molecular weight is 368 g/mol. The van der Waals surface area contributed by atoms with Gasteiger partial charge in [0, 0.05) is 17.0 Å². The molecular weight excluding hydrogens is 366 g/mol. The number of rotatable bonds is 0. The van der Waals surface area contributed by atoms with Gasteiger partial charge in [0.05, 0.1) is 0 Å². The molecule has 0 aromatic carbocycles. The summed E-state index contributed by atoms with van der Waals surface area (Å²) in [5, 5.41) is 0. The quantitative estimate of drug-likeness (QED) is 0.443. The summed E-state index contributed by atoms with van der Waals surface area (Å²) in [6.07, 6.45) is 0. The third-order valence-corrected chi connectivity index (χ3v) is 3.17. The summed E-state index contributed by atoms with van der Waals surface area (Å²) in [6.45, 7) is 0. The molecule has 0 fully saturated rings. The molecule has 0 aliphatic carbocycles. The SMILES string of the molecule is [Cl-].[Cl-].[Zr+4].[c-]1n[pH]np1.[c-]1n[pH]np1. The average Bonchev–Trinajstić information content (AvgIpc) is 2.67. The molecule has 0 saturated heterocycles. The van der Waals surface area contributed by atoms with Crippen molar-refractivity contribution in [1.82, 2.24) is 18.5 Å². The normalized spacial score (nSPS) is 8.62. The number of hydrogen-bond donors (Lipinski definition) is 0. The second-order valence-electron chi connectivity index (χ2n) is 1.02. The van der Waals surface area contributed by atoms with Gasteiger partial charge in [0.1, 0.15) is 0 Å². The molecule has 11 heteroatoms. The molecule has 2 atom stereocenters. The van der Waals surface area contributed by atoms with E-state index < -0.39 is 0 Å². The first kappa shape index (κ1) is 20.1. The van der Waals surface area contributed by atoms with Crippen molar-refractivity contribution >= 4 is 33.7 Å². The van der Waals surface area contributed by atoms with Gasteiger partial charge in [0.25, 0.3) is 0 Å². The van der Waals surface area contributed by atoms with E-state index in [1.807, 2.05) is 0 Å². The second-order valence-corrected chi connectivity index (χ2v) is 4.27. The van der Waals surface area contributed by atoms with Crippen LogP contribution < -0.4 is 24.8 Å². The molecule has 4 nitrogen and oxygen atoms in total. The molecule has 0 radical (unpaired) electrons. The molecular formula is C2H2Cl2N4P4Zr. The third kappa shape index (κ3) is 13.6. The molecule has 0 spiro atoms. The molecule has 2 rings (SSSR count). The van der Waals surface area contributed by atoms with Crippen molar-refractivity contribution in [2.24, 2.45) is 0 Å². The Kier molecular flexibility index (Phi) is 24.8. The Balaban J connectivity index is -0.000000125. The summed E-state index contributed by atoms with van der Waals surface area (Å²) >= 11 is 0. The van der Waals surface area contributed by atoms with Crippen LogP contribution in [0.1, 0.15) is 0 Å². The first-order valence-electron chi connectivity index (χ1n) is 2.19. The van der Waals surface area contributed by atoms with Crippen molar-refractivity contribution in [3.05, 3.63) is 11.9 Å². The minimum atomic E-state index is 0. The molecule has 0 aliphatic rings. The largest absolute Gasteiger partial charge is 4.00 e. The Hall–Kier alpha value is 1.60. The molecule has 0 N–H and O–H groups in total. The fourth-order valence-corrected chi connectivity index (χ4v) is 2.01. The third-order valence-electron chi connectivity index (χ3n) is 0.479. The first-order chi connectivity index (χ1) is 5.00. The molecule has 2 aromatic rings. The summed E-state index contributed by atoms with van der Waals surface area (Å²) in [7, 11) is 2.69. The zero-order valence-electron chi connectivity index (χ0n) is 5.94. The molecule has 0 aliphatic heterocycles. The molecule has 2 unspecified atom stereocenters. The number of hydrogen-bond acceptors (Lipinski definition) is 4. The Morgan fingerprint density at radius 1 is 0.846 bits per heavy atom. The van der Waals surface area contributed by atoms with E-state index in [1.165, 1.54) is 0 Å². The molecule has 2 aromatic heterocycles. The van der Waals surface area contributed by atoms with Gasteiger partial charge in [-0.2, -0.15) is 16.7 Å². The van der Waals surface area contributed by atoms with E-state index in [-0.39, 0.29) is 51.0 Å². The zero-order valence-corrected chi connectivity index (χ0v) is 13.7. The fraction of sp³-hybridized carbons (Fsp3) is 0. The Morgan fingerprint density at radius 3 is 1.31 bits per heavy atom. The zero-order chi connectivity index (χ0) is 7.07. The van der Waals surface area contributed by atoms with Crippen LogP contribution in [0.25, 0.3) is 0 Å². The van der Waals surface area contributed by atoms with Crippen LogP contribution in [0.4, 0.5) is 0 Å². The number of nitrogens with zero attached hydrogens (tertiary/aromatic N) is 4. The van der Waals surface area contributed by atoms with E-state index in [1.54, 1.807) is 0 Å². The van der Waals surface area contributed by atoms with Crippen LogP contribution in [0.2, 0.25) is 0 Å². The molecule has 0 bridgehead atoms. The first-order valence-corrected chi connectivity index (χ1v) is 5.67. The van der Waals surface area contributed by atoms with Crippen molar-refractivity contribution < 1.29 is 51.0 Å². The maximum absolute atomic E-state index is 3.81. The van der Waals surface area contributed by atoms with Gasteiger partial charge in [-0.05, 0) is 0 Å². The van der Waals surface area contributed by atoms with Crippen LogP contribution in [-0.2, 0) is 26.2 Å². The monoisotopic (exact) mass is 366 g/mol. The van der Waals surface area contributed by atoms with E-state index in [0.717, 1.165) is 16.7 Å². The molecule has 0 amide bonds. The van der Waals surface area contributed by atoms with E-state index in [4.69, 9.17) is 0 Å². The molecule has 13 heavy (non-hydrogen) atoms. The van der Waals surface area contributed by atoms with Crippen molar-refractivity contribution in [1.29, 1.82) is 0 Å². The predicted octanol–water partition coefficient (Wildman–Crippen LogP) is -4.22. The summed E-state index contributed by atoms with van der Waals surface area (Å²) in [6, 6.07) is 0. The van der Waals surface area contributed by atoms with Gasteiger partial charge in [-0.3, -0.25) is 0 Å². The van der Waals surface area contributed by atoms with Gasteiger partial charge >= 0.3 is 26.2 Å². The van der Waals surface area contributed by atoms with E-state index in [9.17, 15) is 0 Å². The van der Waals surface area contributed by atoms with Gasteiger partial charge < -0.3 is 46.2 Å². The van der Waals surface area contributed by atoms with Crippen molar-refractivity contribution in [2.75, 3.05) is 0 Å². The van der Waals surface area contributed by atoms with Crippen molar-refractivity contribution in [3.63, 3.8) is 0 Å². The van der Waals surface area contributed by atoms with Crippen LogP contribution in [0.5, 0.6) is 0 Å². The van der Waals surface area contributed by atoms with Gasteiger partial charge in [-0.1, -0.05) is 0 Å². The number of halogens is 2. The molecule has 0 saturated carbocycles. The van der Waals surface area contributed by atoms with Gasteiger partial charge in [-0.15, -0.1) is 0 Å². The minimum Gasteiger partial charge on any atom is -1.00 e. The predicted molar refractivity (Wildman–Crippen MR) is 45.8 cm³/mol. The van der Waals surface area contributed by atoms with Crippen LogP contribution >= 0.6 is 33.7 Å². The smallest absolute Gasteiger partial charge is 1.00 e. The van der Waals surface area contributed by atoms with Crippen molar-refractivity contribution in [3.8, 4) is 0 Å². The van der Waals surface area contributed by atoms with E-state index in [0.29, 0.717) is 17.0 Å². The summed E-state index contributed by atoms with van der Waals surface area (Å²) in [4.78, 5) is 0. The number of aromatic nitrogens is 4. The summed E-state index contributed by atoms with van der Waals surface area (Å²) < 4.78 is 15.0. The van der Waals surface area contributed by atoms with Crippen LogP contribution in [0, 0.1) is 11.9 Å². The Bertz CT molecular complexity index is 167. The molecule has 2 heterocycles. The van der Waals surface area contributed by atoms with Gasteiger partial charge in [0.15, 0.2) is 0 Å². The maximum Gasteiger partial charge on any atom is 4.00 e. The Morgan fingerprint density at radius 2 is 1.23 bits per heavy atom. The summed E-state index contributed by atoms with van der Waals surface area (Å²) in [5.41, 5.74) is 0. The fourth-order valence-electron chi connectivity index (χ4n) is 0.224. The van der Waals surface area contributed by atoms with Crippen LogP contribution in [-0.4, -0.2) is 18.5 Å². The topological polar surface area (TPSA) is 51.6 Å². The van der Waals surface area contributed by atoms with Crippen molar-refractivity contribution in [2.45, 2.75) is 0 Å². The van der Waals surface area contributed by atoms with Gasteiger partial charge in [-0.25, -0.2) is 9.02 Å². The van der Waals surface area contributed by atoms with Crippen LogP contribution in [0.15, 0.2) is 0 Å². The maximum atomic E-state index is 3.81. The summed E-state index contributed by atoms with van der Waals surface area (Å²) in [5.74, 6) is 5.33. The standard InChI is InChI=1S/2CHN2P2.2ClH.Zr/c2*1-2-5-3-4-1;;;/h2*5H;2*1H;/q2*-1;;;+4/p-2. The van der Waals surface area contributed by atoms with E-state index >= 15 is 0 Å². The second kappa shape index (κ2) is 16.0. The molecule has 68 valence electrons. The Labute approximate surface area is 114 Å². The minimum absolute atomic E-state index is 0. The van der Waals surface area contributed by atoms with Gasteiger partial charge in [0.2, 0.25) is 0 Å². The van der Waals surface area contributed by atoms with E-state index in [2.05, 4.69) is 30.4 Å².